The van der Waals surface area contributed by atoms with E-state index in [-0.39, 0.29) is 11.6 Å². The fraction of sp³-hybridized carbons (Fsp3) is 0.846. The molecule has 1 aromatic rings. The predicted molar refractivity (Wildman–Crippen MR) is 72.5 cm³/mol. The van der Waals surface area contributed by atoms with Gasteiger partial charge in [-0.3, -0.25) is 4.68 Å². The Bertz CT molecular complexity index is 347. The van der Waals surface area contributed by atoms with Gasteiger partial charge in [0.25, 0.3) is 0 Å². The van der Waals surface area contributed by atoms with E-state index in [1.165, 1.54) is 0 Å². The van der Waals surface area contributed by atoms with E-state index < -0.39 is 0 Å². The zero-order chi connectivity index (χ0) is 13.6. The largest absolute Gasteiger partial charge is 0.374 e. The van der Waals surface area contributed by atoms with Crippen LogP contribution in [0.2, 0.25) is 0 Å². The molecule has 0 saturated carbocycles. The number of hydrogen-bond donors (Lipinski definition) is 1. The van der Waals surface area contributed by atoms with Crippen LogP contribution in [0.15, 0.2) is 6.20 Å². The zero-order valence-corrected chi connectivity index (χ0v) is 12.2. The van der Waals surface area contributed by atoms with E-state index in [0.29, 0.717) is 0 Å². The standard InChI is InChI=1S/C13H26N4O/c1-6-13(7-2,18-8-3)12(14-4)9-11-10-17(5)16-15-11/h10,12,14H,6-9H2,1-5H3. The highest BCUT2D eigenvalue weighted by Crippen LogP contribution is 2.26. The summed E-state index contributed by atoms with van der Waals surface area (Å²) in [7, 11) is 3.88. The lowest BCUT2D eigenvalue weighted by Gasteiger charge is -2.39. The van der Waals surface area contributed by atoms with Crippen molar-refractivity contribution in [3.8, 4) is 0 Å². The molecule has 1 atom stereocenters. The van der Waals surface area contributed by atoms with Gasteiger partial charge in [0.2, 0.25) is 0 Å². The maximum absolute atomic E-state index is 6.04. The molecule has 1 aromatic heterocycles. The van der Waals surface area contributed by atoms with E-state index in [9.17, 15) is 0 Å². The Balaban J connectivity index is 2.84. The van der Waals surface area contributed by atoms with Gasteiger partial charge < -0.3 is 10.1 Å². The van der Waals surface area contributed by atoms with Crippen LogP contribution in [-0.2, 0) is 18.2 Å². The molecule has 0 fully saturated rings. The molecule has 1 rings (SSSR count). The topological polar surface area (TPSA) is 52.0 Å². The van der Waals surface area contributed by atoms with Crippen LogP contribution in [0, 0.1) is 0 Å². The summed E-state index contributed by atoms with van der Waals surface area (Å²) in [4.78, 5) is 0. The number of ether oxygens (including phenoxy) is 1. The Morgan fingerprint density at radius 3 is 2.44 bits per heavy atom. The van der Waals surface area contributed by atoms with E-state index >= 15 is 0 Å². The van der Waals surface area contributed by atoms with E-state index in [1.54, 1.807) is 4.68 Å². The van der Waals surface area contributed by atoms with Crippen molar-refractivity contribution in [2.75, 3.05) is 13.7 Å². The monoisotopic (exact) mass is 254 g/mol. The van der Waals surface area contributed by atoms with Crippen LogP contribution in [-0.4, -0.2) is 40.3 Å². The normalized spacial score (nSPS) is 13.8. The third kappa shape index (κ3) is 3.29. The minimum absolute atomic E-state index is 0.124. The van der Waals surface area contributed by atoms with Crippen molar-refractivity contribution < 1.29 is 4.74 Å². The Hall–Kier alpha value is -0.940. The molecule has 0 bridgehead atoms. The first-order valence-corrected chi connectivity index (χ1v) is 6.78. The number of nitrogens with one attached hydrogen (secondary N) is 1. The van der Waals surface area contributed by atoms with Crippen molar-refractivity contribution in [3.05, 3.63) is 11.9 Å². The summed E-state index contributed by atoms with van der Waals surface area (Å²) < 4.78 is 7.78. The van der Waals surface area contributed by atoms with Gasteiger partial charge in [-0.25, -0.2) is 0 Å². The summed E-state index contributed by atoms with van der Waals surface area (Å²) >= 11 is 0. The van der Waals surface area contributed by atoms with Crippen LogP contribution in [0.1, 0.15) is 39.3 Å². The summed E-state index contributed by atoms with van der Waals surface area (Å²) in [5, 5.41) is 11.5. The first-order valence-electron chi connectivity index (χ1n) is 6.78. The van der Waals surface area contributed by atoms with Gasteiger partial charge in [-0.2, -0.15) is 0 Å². The number of aromatic nitrogens is 3. The number of hydrogen-bond acceptors (Lipinski definition) is 4. The van der Waals surface area contributed by atoms with Crippen molar-refractivity contribution in [2.45, 2.75) is 51.7 Å². The molecule has 1 unspecified atom stereocenters. The molecule has 18 heavy (non-hydrogen) atoms. The minimum Gasteiger partial charge on any atom is -0.374 e. The molecule has 0 aliphatic heterocycles. The number of nitrogens with zero attached hydrogens (tertiary/aromatic N) is 3. The third-order valence-corrected chi connectivity index (χ3v) is 3.68. The smallest absolute Gasteiger partial charge is 0.0843 e. The van der Waals surface area contributed by atoms with Crippen LogP contribution in [0.4, 0.5) is 0 Å². The molecular formula is C13H26N4O. The average molecular weight is 254 g/mol. The highest BCUT2D eigenvalue weighted by Gasteiger charge is 2.36. The van der Waals surface area contributed by atoms with E-state index in [4.69, 9.17) is 4.74 Å². The Morgan fingerprint density at radius 1 is 1.39 bits per heavy atom. The van der Waals surface area contributed by atoms with Crippen LogP contribution < -0.4 is 5.32 Å². The molecular weight excluding hydrogens is 228 g/mol. The molecule has 104 valence electrons. The second-order valence-electron chi connectivity index (χ2n) is 4.63. The maximum Gasteiger partial charge on any atom is 0.0843 e. The second-order valence-corrected chi connectivity index (χ2v) is 4.63. The zero-order valence-electron chi connectivity index (χ0n) is 12.2. The van der Waals surface area contributed by atoms with Gasteiger partial charge in [-0.15, -0.1) is 5.10 Å². The van der Waals surface area contributed by atoms with Crippen molar-refractivity contribution in [1.82, 2.24) is 20.3 Å². The van der Waals surface area contributed by atoms with Crippen LogP contribution in [0.25, 0.3) is 0 Å². The molecule has 1 heterocycles. The Kier molecular flexibility index (Phi) is 5.75. The minimum atomic E-state index is -0.124. The number of likely N-dealkylation sites (N-methyl/N-ethyl adjacent to an activating group) is 1. The lowest BCUT2D eigenvalue weighted by Crippen LogP contribution is -2.52. The molecule has 5 heteroatoms. The Morgan fingerprint density at radius 2 is 2.06 bits per heavy atom. The van der Waals surface area contributed by atoms with Gasteiger partial charge >= 0.3 is 0 Å². The number of aryl methyl sites for hydroxylation is 1. The summed E-state index contributed by atoms with van der Waals surface area (Å²) in [6.45, 7) is 7.15. The first-order chi connectivity index (χ1) is 8.61. The summed E-state index contributed by atoms with van der Waals surface area (Å²) in [6.07, 6.45) is 4.78. The second kappa shape index (κ2) is 6.85. The Labute approximate surface area is 110 Å². The van der Waals surface area contributed by atoms with Crippen molar-refractivity contribution in [3.63, 3.8) is 0 Å². The molecule has 0 aliphatic rings. The highest BCUT2D eigenvalue weighted by atomic mass is 16.5. The van der Waals surface area contributed by atoms with Gasteiger partial charge in [0.05, 0.1) is 11.3 Å². The number of rotatable bonds is 8. The predicted octanol–water partition coefficient (Wildman–Crippen LogP) is 1.54. The lowest BCUT2D eigenvalue weighted by molar-refractivity contribution is -0.0705. The fourth-order valence-corrected chi connectivity index (χ4v) is 2.58. The van der Waals surface area contributed by atoms with Crippen molar-refractivity contribution in [1.29, 1.82) is 0 Å². The summed E-state index contributed by atoms with van der Waals surface area (Å²) in [5.41, 5.74) is 0.879. The molecule has 0 aromatic carbocycles. The molecule has 0 amide bonds. The van der Waals surface area contributed by atoms with Crippen LogP contribution in [0.3, 0.4) is 0 Å². The molecule has 0 spiro atoms. The molecule has 0 saturated heterocycles. The highest BCUT2D eigenvalue weighted by molar-refractivity contribution is 5.02. The first kappa shape index (κ1) is 15.1. The molecule has 1 N–H and O–H groups in total. The van der Waals surface area contributed by atoms with Gasteiger partial charge in [0.15, 0.2) is 0 Å². The van der Waals surface area contributed by atoms with E-state index in [0.717, 1.165) is 31.6 Å². The van der Waals surface area contributed by atoms with E-state index in [2.05, 4.69) is 36.4 Å². The SMILES string of the molecule is CCOC(CC)(CC)C(Cc1cn(C)nn1)NC. The van der Waals surface area contributed by atoms with Gasteiger partial charge in [-0.05, 0) is 26.8 Å². The fourth-order valence-electron chi connectivity index (χ4n) is 2.58. The van der Waals surface area contributed by atoms with Gasteiger partial charge in [0.1, 0.15) is 0 Å². The van der Waals surface area contributed by atoms with Gasteiger partial charge in [0, 0.05) is 32.3 Å². The van der Waals surface area contributed by atoms with Crippen LogP contribution >= 0.6 is 0 Å². The van der Waals surface area contributed by atoms with Crippen LogP contribution in [0.5, 0.6) is 0 Å². The summed E-state index contributed by atoms with van der Waals surface area (Å²) in [6, 6.07) is 0.254. The molecule has 0 radical (unpaired) electrons. The maximum atomic E-state index is 6.04. The molecule has 5 nitrogen and oxygen atoms in total. The van der Waals surface area contributed by atoms with Crippen molar-refractivity contribution in [2.24, 2.45) is 7.05 Å². The lowest BCUT2D eigenvalue weighted by atomic mass is 9.85. The average Bonchev–Trinajstić information content (AvgIpc) is 2.79. The van der Waals surface area contributed by atoms with Crippen molar-refractivity contribution >= 4 is 0 Å². The molecule has 0 aliphatic carbocycles. The quantitative estimate of drug-likeness (QED) is 0.764. The summed E-state index contributed by atoms with van der Waals surface area (Å²) in [5.74, 6) is 0. The van der Waals surface area contributed by atoms with E-state index in [1.807, 2.05) is 20.3 Å². The van der Waals surface area contributed by atoms with Gasteiger partial charge in [-0.1, -0.05) is 19.1 Å². The third-order valence-electron chi connectivity index (χ3n) is 3.68.